The second-order valence-electron chi connectivity index (χ2n) is 5.09. The van der Waals surface area contributed by atoms with Crippen LogP contribution in [0.3, 0.4) is 0 Å². The van der Waals surface area contributed by atoms with Crippen molar-refractivity contribution in [2.75, 3.05) is 0 Å². The number of carbonyl (C=O) groups is 1. The molecular weight excluding hydrogens is 232 g/mol. The van der Waals surface area contributed by atoms with Gasteiger partial charge in [0.05, 0.1) is 0 Å². The number of aryl methyl sites for hydroxylation is 1. The van der Waals surface area contributed by atoms with Crippen molar-refractivity contribution in [2.24, 2.45) is 0 Å². The van der Waals surface area contributed by atoms with Crippen molar-refractivity contribution in [1.82, 2.24) is 0 Å². The van der Waals surface area contributed by atoms with Gasteiger partial charge in [-0.05, 0) is 29.0 Å². The van der Waals surface area contributed by atoms with Crippen LogP contribution in [0, 0.1) is 6.92 Å². The minimum atomic E-state index is 0.137. The zero-order chi connectivity index (χ0) is 13.0. The summed E-state index contributed by atoms with van der Waals surface area (Å²) in [6.45, 7) is 2.10. The largest absolute Gasteiger partial charge is 0.289 e. The van der Waals surface area contributed by atoms with Gasteiger partial charge >= 0.3 is 0 Å². The maximum Gasteiger partial charge on any atom is 0.194 e. The highest BCUT2D eigenvalue weighted by Crippen LogP contribution is 2.39. The molecule has 0 saturated carbocycles. The summed E-state index contributed by atoms with van der Waals surface area (Å²) in [5, 5.41) is 2.24. The summed E-state index contributed by atoms with van der Waals surface area (Å²) in [6, 6.07) is 18.2. The van der Waals surface area contributed by atoms with Gasteiger partial charge in [-0.15, -0.1) is 0 Å². The van der Waals surface area contributed by atoms with E-state index in [2.05, 4.69) is 25.1 Å². The molecule has 0 radical (unpaired) electrons. The van der Waals surface area contributed by atoms with Crippen LogP contribution in [0.2, 0.25) is 0 Å². The monoisotopic (exact) mass is 244 g/mol. The number of hydrogen-bond acceptors (Lipinski definition) is 1. The summed E-state index contributed by atoms with van der Waals surface area (Å²) in [7, 11) is 0. The normalized spacial score (nSPS) is 12.6. The van der Waals surface area contributed by atoms with E-state index in [0.717, 1.165) is 27.5 Å². The molecule has 3 aromatic carbocycles. The van der Waals surface area contributed by atoms with E-state index in [0.29, 0.717) is 0 Å². The van der Waals surface area contributed by atoms with Crippen molar-refractivity contribution in [2.45, 2.75) is 6.92 Å². The molecule has 4 rings (SSSR count). The number of benzene rings is 3. The van der Waals surface area contributed by atoms with Crippen molar-refractivity contribution in [3.05, 3.63) is 71.3 Å². The number of ketones is 1. The highest BCUT2D eigenvalue weighted by Gasteiger charge is 2.24. The highest BCUT2D eigenvalue weighted by molar-refractivity contribution is 6.25. The van der Waals surface area contributed by atoms with Gasteiger partial charge in [-0.2, -0.15) is 0 Å². The van der Waals surface area contributed by atoms with Gasteiger partial charge in [0, 0.05) is 16.5 Å². The molecule has 0 atom stereocenters. The standard InChI is InChI=1S/C18H12O/c1-11-9-12-5-4-8-15-17(12)16(10-11)13-6-2-3-7-14(13)18(15)19/h2-10H,1H3. The molecule has 0 N–H and O–H groups in total. The molecule has 90 valence electrons. The summed E-state index contributed by atoms with van der Waals surface area (Å²) in [5.74, 6) is 0.137. The van der Waals surface area contributed by atoms with E-state index in [1.54, 1.807) is 0 Å². The molecule has 0 bridgehead atoms. The van der Waals surface area contributed by atoms with Crippen LogP contribution < -0.4 is 0 Å². The minimum absolute atomic E-state index is 0.137. The lowest BCUT2D eigenvalue weighted by Gasteiger charge is -2.20. The summed E-state index contributed by atoms with van der Waals surface area (Å²) < 4.78 is 0. The van der Waals surface area contributed by atoms with Gasteiger partial charge in [0.25, 0.3) is 0 Å². The van der Waals surface area contributed by atoms with Crippen LogP contribution in [-0.2, 0) is 0 Å². The molecule has 0 heterocycles. The fraction of sp³-hybridized carbons (Fsp3) is 0.0556. The van der Waals surface area contributed by atoms with Crippen molar-refractivity contribution in [1.29, 1.82) is 0 Å². The van der Waals surface area contributed by atoms with Gasteiger partial charge in [-0.1, -0.05) is 54.6 Å². The lowest BCUT2D eigenvalue weighted by molar-refractivity contribution is 0.104. The van der Waals surface area contributed by atoms with Gasteiger partial charge in [-0.3, -0.25) is 4.79 Å². The first kappa shape index (κ1) is 10.5. The lowest BCUT2D eigenvalue weighted by atomic mass is 9.82. The van der Waals surface area contributed by atoms with Gasteiger partial charge in [0.2, 0.25) is 0 Å². The van der Waals surface area contributed by atoms with E-state index >= 15 is 0 Å². The maximum atomic E-state index is 12.6. The van der Waals surface area contributed by atoms with E-state index < -0.39 is 0 Å². The van der Waals surface area contributed by atoms with Crippen molar-refractivity contribution in [3.8, 4) is 11.1 Å². The first-order chi connectivity index (χ1) is 9.25. The Bertz CT molecular complexity index is 843. The molecule has 1 aliphatic carbocycles. The molecule has 1 heteroatoms. The van der Waals surface area contributed by atoms with Gasteiger partial charge < -0.3 is 0 Å². The molecule has 0 amide bonds. The summed E-state index contributed by atoms with van der Waals surface area (Å²) >= 11 is 0. The fourth-order valence-corrected chi connectivity index (χ4v) is 3.04. The van der Waals surface area contributed by atoms with Crippen molar-refractivity contribution >= 4 is 16.6 Å². The molecule has 0 unspecified atom stereocenters. The fourth-order valence-electron chi connectivity index (χ4n) is 3.04. The van der Waals surface area contributed by atoms with Crippen LogP contribution in [0.15, 0.2) is 54.6 Å². The molecule has 1 nitrogen and oxygen atoms in total. The summed E-state index contributed by atoms with van der Waals surface area (Å²) in [6.07, 6.45) is 0. The smallest absolute Gasteiger partial charge is 0.194 e. The molecule has 19 heavy (non-hydrogen) atoms. The second kappa shape index (κ2) is 3.55. The predicted molar refractivity (Wildman–Crippen MR) is 77.6 cm³/mol. The Kier molecular flexibility index (Phi) is 1.96. The number of rotatable bonds is 0. The Morgan fingerprint density at radius 1 is 0.737 bits per heavy atom. The Balaban J connectivity index is 2.28. The Hall–Kier alpha value is -2.41. The van der Waals surface area contributed by atoms with Crippen molar-refractivity contribution < 1.29 is 4.79 Å². The molecule has 0 fully saturated rings. The number of fused-ring (bicyclic) bond motifs is 2. The summed E-state index contributed by atoms with van der Waals surface area (Å²) in [5.41, 5.74) is 5.10. The van der Waals surface area contributed by atoms with Crippen LogP contribution in [0.25, 0.3) is 21.9 Å². The zero-order valence-electron chi connectivity index (χ0n) is 10.6. The Labute approximate surface area is 111 Å². The molecule has 0 saturated heterocycles. The van der Waals surface area contributed by atoms with Crippen LogP contribution in [0.1, 0.15) is 21.5 Å². The SMILES string of the molecule is Cc1cc2c3c(cccc3c1)C(=O)c1ccccc1-2. The van der Waals surface area contributed by atoms with Gasteiger partial charge in [-0.25, -0.2) is 0 Å². The third-order valence-corrected chi connectivity index (χ3v) is 3.83. The van der Waals surface area contributed by atoms with Crippen LogP contribution >= 0.6 is 0 Å². The summed E-state index contributed by atoms with van der Waals surface area (Å²) in [4.78, 5) is 12.6. The number of hydrogen-bond donors (Lipinski definition) is 0. The van der Waals surface area contributed by atoms with Crippen LogP contribution in [0.4, 0.5) is 0 Å². The molecule has 3 aromatic rings. The first-order valence-electron chi connectivity index (χ1n) is 6.43. The van der Waals surface area contributed by atoms with Gasteiger partial charge in [0.1, 0.15) is 0 Å². The van der Waals surface area contributed by atoms with Gasteiger partial charge in [0.15, 0.2) is 5.78 Å². The molecule has 0 aromatic heterocycles. The van der Waals surface area contributed by atoms with Crippen LogP contribution in [-0.4, -0.2) is 5.78 Å². The quantitative estimate of drug-likeness (QED) is 0.449. The third-order valence-electron chi connectivity index (χ3n) is 3.83. The van der Waals surface area contributed by atoms with E-state index in [9.17, 15) is 4.79 Å². The van der Waals surface area contributed by atoms with E-state index in [1.165, 1.54) is 11.1 Å². The van der Waals surface area contributed by atoms with E-state index in [1.807, 2.05) is 36.4 Å². The average Bonchev–Trinajstić information content (AvgIpc) is 2.44. The topological polar surface area (TPSA) is 17.1 Å². The molecule has 0 aliphatic heterocycles. The molecular formula is C18H12O. The lowest BCUT2D eigenvalue weighted by Crippen LogP contribution is -2.09. The minimum Gasteiger partial charge on any atom is -0.289 e. The second-order valence-corrected chi connectivity index (χ2v) is 5.09. The van der Waals surface area contributed by atoms with E-state index in [-0.39, 0.29) is 5.78 Å². The molecule has 1 aliphatic rings. The maximum absolute atomic E-state index is 12.6. The first-order valence-corrected chi connectivity index (χ1v) is 6.43. The Morgan fingerprint density at radius 3 is 2.32 bits per heavy atom. The van der Waals surface area contributed by atoms with Crippen LogP contribution in [0.5, 0.6) is 0 Å². The highest BCUT2D eigenvalue weighted by atomic mass is 16.1. The zero-order valence-corrected chi connectivity index (χ0v) is 10.6. The van der Waals surface area contributed by atoms with Crippen molar-refractivity contribution in [3.63, 3.8) is 0 Å². The number of carbonyl (C=O) groups excluding carboxylic acids is 1. The predicted octanol–water partition coefficient (Wildman–Crippen LogP) is 4.36. The molecule has 0 spiro atoms. The average molecular weight is 244 g/mol. The van der Waals surface area contributed by atoms with E-state index in [4.69, 9.17) is 0 Å². The third kappa shape index (κ3) is 1.33. The Morgan fingerprint density at radius 2 is 1.47 bits per heavy atom.